The molecule has 2 aromatic rings. The number of benzene rings is 1. The molecule has 0 aliphatic carbocycles. The fraction of sp³-hybridized carbons (Fsp3) is 0.517. The normalized spacial score (nSPS) is 17.5. The zero-order chi connectivity index (χ0) is 29.2. The maximum absolute atomic E-state index is 13.2. The number of aromatic nitrogens is 2. The van der Waals surface area contributed by atoms with Crippen LogP contribution in [-0.2, 0) is 4.79 Å². The third-order valence-corrected chi connectivity index (χ3v) is 8.04. The van der Waals surface area contributed by atoms with E-state index in [9.17, 15) is 15.0 Å². The van der Waals surface area contributed by atoms with Crippen LogP contribution < -0.4 is 15.0 Å². The molecule has 2 aliphatic rings. The summed E-state index contributed by atoms with van der Waals surface area (Å²) < 4.78 is 5.79. The molecule has 4 rings (SSSR count). The number of aliphatic hydroxyl groups excluding tert-OH is 2. The number of hydrogen-bond acceptors (Lipinski definition) is 9. The molecule has 2 fully saturated rings. The van der Waals surface area contributed by atoms with Crippen LogP contribution >= 0.6 is 11.6 Å². The lowest BCUT2D eigenvalue weighted by Crippen LogP contribution is -2.65. The number of carbonyl (C=O) groups excluding carboxylic acids is 1. The summed E-state index contributed by atoms with van der Waals surface area (Å²) in [5, 5.41) is 32.2. The van der Waals surface area contributed by atoms with E-state index in [0.717, 1.165) is 25.9 Å². The molecule has 4 N–H and O–H groups in total. The summed E-state index contributed by atoms with van der Waals surface area (Å²) in [7, 11) is 1.75. The van der Waals surface area contributed by atoms with Crippen molar-refractivity contribution in [3.8, 4) is 17.1 Å². The number of nitrogens with one attached hydrogen (secondary N) is 2. The van der Waals surface area contributed by atoms with Gasteiger partial charge in [0.05, 0.1) is 21.7 Å². The topological polar surface area (TPSA) is 135 Å². The summed E-state index contributed by atoms with van der Waals surface area (Å²) in [6.07, 6.45) is 1.09. The largest absolute Gasteiger partial charge is 0.512 e. The molecule has 0 saturated carbocycles. The first-order valence-electron chi connectivity index (χ1n) is 13.7. The van der Waals surface area contributed by atoms with E-state index < -0.39 is 11.5 Å². The van der Waals surface area contributed by atoms with Crippen molar-refractivity contribution in [3.63, 3.8) is 0 Å². The van der Waals surface area contributed by atoms with Gasteiger partial charge in [-0.25, -0.2) is 9.97 Å². The van der Waals surface area contributed by atoms with Gasteiger partial charge >= 0.3 is 0 Å². The first-order chi connectivity index (χ1) is 19.0. The summed E-state index contributed by atoms with van der Waals surface area (Å²) in [5.74, 6) is 1.61. The Bertz CT molecular complexity index is 1320. The van der Waals surface area contributed by atoms with E-state index in [1.165, 1.54) is 6.92 Å². The van der Waals surface area contributed by atoms with E-state index >= 15 is 0 Å². The second kappa shape index (κ2) is 12.1. The number of halogens is 1. The van der Waals surface area contributed by atoms with Crippen molar-refractivity contribution in [2.45, 2.75) is 46.6 Å². The van der Waals surface area contributed by atoms with Gasteiger partial charge < -0.3 is 35.5 Å². The Morgan fingerprint density at radius 1 is 1.27 bits per heavy atom. The Labute approximate surface area is 240 Å². The summed E-state index contributed by atoms with van der Waals surface area (Å²) in [4.78, 5) is 26.9. The number of ether oxygens (including phenoxy) is 1. The molecule has 10 nitrogen and oxygen atoms in total. The van der Waals surface area contributed by atoms with E-state index in [0.29, 0.717) is 64.4 Å². The monoisotopic (exact) mass is 570 g/mol. The zero-order valence-electron chi connectivity index (χ0n) is 23.8. The Morgan fingerprint density at radius 2 is 1.98 bits per heavy atom. The minimum Gasteiger partial charge on any atom is -0.512 e. The third-order valence-electron chi connectivity index (χ3n) is 7.71. The van der Waals surface area contributed by atoms with Gasteiger partial charge in [0.2, 0.25) is 5.91 Å². The van der Waals surface area contributed by atoms with Crippen LogP contribution in [0.3, 0.4) is 0 Å². The fourth-order valence-corrected chi connectivity index (χ4v) is 5.45. The summed E-state index contributed by atoms with van der Waals surface area (Å²) >= 11 is 6.62. The molecule has 216 valence electrons. The summed E-state index contributed by atoms with van der Waals surface area (Å²) in [6, 6.07) is 5.12. The smallest absolute Gasteiger partial charge is 0.232 e. The molecule has 11 heteroatoms. The number of anilines is 1. The maximum Gasteiger partial charge on any atom is 0.232 e. The predicted molar refractivity (Wildman–Crippen MR) is 157 cm³/mol. The van der Waals surface area contributed by atoms with Gasteiger partial charge in [0, 0.05) is 49.6 Å². The zero-order valence-corrected chi connectivity index (χ0v) is 24.6. The number of carbonyl (C=O) groups is 1. The quantitative estimate of drug-likeness (QED) is 0.236. The number of aliphatic hydroxyl groups is 2. The number of likely N-dealkylation sites (tertiary alicyclic amines) is 1. The lowest BCUT2D eigenvalue weighted by atomic mass is 9.75. The van der Waals surface area contributed by atoms with Crippen molar-refractivity contribution in [2.75, 3.05) is 51.3 Å². The second-order valence-corrected chi connectivity index (χ2v) is 11.1. The molecule has 1 atom stereocenters. The van der Waals surface area contributed by atoms with Crippen LogP contribution in [0.4, 0.5) is 5.82 Å². The molecule has 0 bridgehead atoms. The Hall–Kier alpha value is -3.21. The molecule has 2 aliphatic heterocycles. The molecule has 1 aromatic heterocycles. The van der Waals surface area contributed by atoms with Crippen molar-refractivity contribution in [1.82, 2.24) is 20.2 Å². The number of likely N-dealkylation sites (N-methyl/N-ethyl adjacent to an activating group) is 1. The highest BCUT2D eigenvalue weighted by atomic mass is 35.5. The van der Waals surface area contributed by atoms with Crippen LogP contribution in [0, 0.1) is 17.7 Å². The Morgan fingerprint density at radius 3 is 2.52 bits per heavy atom. The molecule has 0 radical (unpaired) electrons. The predicted octanol–water partition coefficient (Wildman–Crippen LogP) is 3.84. The highest BCUT2D eigenvalue weighted by Gasteiger charge is 2.51. The Kier molecular flexibility index (Phi) is 9.02. The van der Waals surface area contributed by atoms with E-state index in [-0.39, 0.29) is 24.0 Å². The van der Waals surface area contributed by atoms with Gasteiger partial charge in [-0.3, -0.25) is 4.79 Å². The number of hydrogen-bond donors (Lipinski definition) is 4. The molecule has 1 aromatic carbocycles. The van der Waals surface area contributed by atoms with Crippen LogP contribution in [0.1, 0.15) is 44.9 Å². The average Bonchev–Trinajstić information content (AvgIpc) is 2.84. The number of nitrogens with zero attached hydrogens (tertiary/aromatic N) is 4. The van der Waals surface area contributed by atoms with Gasteiger partial charge in [-0.05, 0) is 58.9 Å². The SMILES string of the molecule is CCC1(C(=O)N2CCC2)CN(c2nc(-c3cc(OC[C@H](O)CNC)ccc3Cl)nc(/C(C(C)=N)=C(\C)O)c2C)C1. The lowest BCUT2D eigenvalue weighted by Gasteiger charge is -2.52. The number of allylic oxidation sites excluding steroid dienone is 2. The van der Waals surface area contributed by atoms with E-state index in [2.05, 4.69) is 10.2 Å². The number of amides is 1. The van der Waals surface area contributed by atoms with Crippen LogP contribution in [0.15, 0.2) is 24.0 Å². The average molecular weight is 571 g/mol. The van der Waals surface area contributed by atoms with E-state index in [1.807, 2.05) is 18.7 Å². The van der Waals surface area contributed by atoms with Crippen LogP contribution in [0.25, 0.3) is 17.0 Å². The van der Waals surface area contributed by atoms with E-state index in [4.69, 9.17) is 31.7 Å². The highest BCUT2D eigenvalue weighted by molar-refractivity contribution is 6.33. The molecule has 2 saturated heterocycles. The molecule has 0 spiro atoms. The maximum atomic E-state index is 13.2. The van der Waals surface area contributed by atoms with Gasteiger partial charge in [0.25, 0.3) is 0 Å². The molecule has 1 amide bonds. The van der Waals surface area contributed by atoms with Gasteiger partial charge in [0.1, 0.15) is 30.0 Å². The van der Waals surface area contributed by atoms with Gasteiger partial charge in [-0.15, -0.1) is 0 Å². The minimum atomic E-state index is -0.682. The Balaban J connectivity index is 1.76. The van der Waals surface area contributed by atoms with Crippen molar-refractivity contribution >= 4 is 34.6 Å². The van der Waals surface area contributed by atoms with Gasteiger partial charge in [0.15, 0.2) is 5.82 Å². The first-order valence-corrected chi connectivity index (χ1v) is 14.0. The third kappa shape index (κ3) is 5.80. The van der Waals surface area contributed by atoms with E-state index in [1.54, 1.807) is 32.2 Å². The van der Waals surface area contributed by atoms with Crippen LogP contribution in [0.5, 0.6) is 5.75 Å². The van der Waals surface area contributed by atoms with Crippen LogP contribution in [-0.4, -0.2) is 89.2 Å². The van der Waals surface area contributed by atoms with Crippen molar-refractivity contribution in [1.29, 1.82) is 5.41 Å². The van der Waals surface area contributed by atoms with Crippen molar-refractivity contribution in [2.24, 2.45) is 5.41 Å². The second-order valence-electron chi connectivity index (χ2n) is 10.7. The number of rotatable bonds is 11. The van der Waals surface area contributed by atoms with Crippen LogP contribution in [0.2, 0.25) is 5.02 Å². The summed E-state index contributed by atoms with van der Waals surface area (Å²) in [6.45, 7) is 10.2. The lowest BCUT2D eigenvalue weighted by molar-refractivity contribution is -0.147. The molecule has 40 heavy (non-hydrogen) atoms. The molecule has 0 unspecified atom stereocenters. The minimum absolute atomic E-state index is 0.0209. The highest BCUT2D eigenvalue weighted by Crippen LogP contribution is 2.42. The molecule has 3 heterocycles. The van der Waals surface area contributed by atoms with Gasteiger partial charge in [-0.2, -0.15) is 0 Å². The van der Waals surface area contributed by atoms with Crippen molar-refractivity contribution in [3.05, 3.63) is 40.2 Å². The molecular weight excluding hydrogens is 532 g/mol. The van der Waals surface area contributed by atoms with Crippen molar-refractivity contribution < 1.29 is 19.7 Å². The van der Waals surface area contributed by atoms with Gasteiger partial charge in [-0.1, -0.05) is 18.5 Å². The molecular formula is C29H39ClN6O4. The summed E-state index contributed by atoms with van der Waals surface area (Å²) in [5.41, 5.74) is 1.68. The fourth-order valence-electron chi connectivity index (χ4n) is 5.25. The first kappa shape index (κ1) is 29.8. The standard InChI is InChI=1S/C29H39ClN6O4/c1-6-29(28(39)35-10-7-11-35)15-36(16-29)27-17(2)25(24(18(3)31)19(4)37)33-26(34-27)22-12-21(8-9-23(22)30)40-14-20(38)13-32-5/h8-9,12,20,31-32,37-38H,6-7,10-11,13-16H2,1-5H3/b24-19+,31-18?/t20-/m1/s1.